The Labute approximate surface area is 125 Å². The van der Waals surface area contributed by atoms with Crippen LogP contribution >= 0.6 is 11.6 Å². The Morgan fingerprint density at radius 3 is 2.80 bits per heavy atom. The minimum atomic E-state index is -3.41. The maximum Gasteiger partial charge on any atom is 0.240 e. The first-order valence-electron chi connectivity index (χ1n) is 6.88. The smallest absolute Gasteiger partial charge is 0.240 e. The topological polar surface area (TPSA) is 55.4 Å². The predicted octanol–water partition coefficient (Wildman–Crippen LogP) is 2.10. The zero-order valence-electron chi connectivity index (χ0n) is 11.4. The molecule has 0 aliphatic heterocycles. The molecule has 1 aromatic rings. The number of rotatable bonds is 8. The fourth-order valence-electron chi connectivity index (χ4n) is 2.34. The highest BCUT2D eigenvalue weighted by Crippen LogP contribution is 2.24. The summed E-state index contributed by atoms with van der Waals surface area (Å²) >= 11 is 5.48. The third-order valence-corrected chi connectivity index (χ3v) is 4.97. The molecule has 0 saturated carbocycles. The summed E-state index contributed by atoms with van der Waals surface area (Å²) in [4.78, 5) is 0.361. The summed E-state index contributed by atoms with van der Waals surface area (Å²) in [5.41, 5.74) is 2.44. The molecule has 1 aliphatic carbocycles. The van der Waals surface area contributed by atoms with Gasteiger partial charge in [-0.15, -0.1) is 11.6 Å². The molecule has 1 aliphatic rings. The quantitative estimate of drug-likeness (QED) is 0.590. The predicted molar refractivity (Wildman–Crippen MR) is 79.8 cm³/mol. The maximum atomic E-state index is 12.1. The zero-order valence-corrected chi connectivity index (χ0v) is 13.0. The van der Waals surface area contributed by atoms with E-state index in [-0.39, 0.29) is 0 Å². The van der Waals surface area contributed by atoms with Gasteiger partial charge in [0.2, 0.25) is 10.0 Å². The van der Waals surface area contributed by atoms with Crippen molar-refractivity contribution in [3.8, 4) is 0 Å². The summed E-state index contributed by atoms with van der Waals surface area (Å²) in [5.74, 6) is 0.459. The number of aryl methyl sites for hydroxylation is 2. The van der Waals surface area contributed by atoms with E-state index in [1.807, 2.05) is 6.07 Å². The van der Waals surface area contributed by atoms with Crippen molar-refractivity contribution in [3.05, 3.63) is 29.3 Å². The molecule has 20 heavy (non-hydrogen) atoms. The van der Waals surface area contributed by atoms with Crippen LogP contribution < -0.4 is 4.72 Å². The molecule has 0 spiro atoms. The summed E-state index contributed by atoms with van der Waals surface area (Å²) < 4.78 is 32.1. The van der Waals surface area contributed by atoms with Gasteiger partial charge in [-0.1, -0.05) is 6.07 Å². The van der Waals surface area contributed by atoms with Crippen molar-refractivity contribution in [1.82, 2.24) is 4.72 Å². The van der Waals surface area contributed by atoms with E-state index in [0.717, 1.165) is 19.3 Å². The Balaban J connectivity index is 1.87. The fourth-order valence-corrected chi connectivity index (χ4v) is 3.57. The van der Waals surface area contributed by atoms with Gasteiger partial charge in [0.05, 0.1) is 11.5 Å². The van der Waals surface area contributed by atoms with Crippen LogP contribution in [0.3, 0.4) is 0 Å². The lowest BCUT2D eigenvalue weighted by atomic mass is 10.1. The van der Waals surface area contributed by atoms with E-state index >= 15 is 0 Å². The van der Waals surface area contributed by atoms with Gasteiger partial charge < -0.3 is 4.74 Å². The molecular formula is C14H20ClNO3S. The van der Waals surface area contributed by atoms with Crippen molar-refractivity contribution in [3.63, 3.8) is 0 Å². The Hall–Kier alpha value is -0.620. The van der Waals surface area contributed by atoms with Crippen molar-refractivity contribution in [2.24, 2.45) is 0 Å². The van der Waals surface area contributed by atoms with E-state index in [4.69, 9.17) is 16.3 Å². The van der Waals surface area contributed by atoms with Crippen LogP contribution in [0, 0.1) is 0 Å². The highest BCUT2D eigenvalue weighted by atomic mass is 35.5. The molecule has 0 amide bonds. The average molecular weight is 318 g/mol. The Morgan fingerprint density at radius 1 is 1.20 bits per heavy atom. The maximum absolute atomic E-state index is 12.1. The molecule has 1 N–H and O–H groups in total. The molecule has 0 bridgehead atoms. The number of hydrogen-bond acceptors (Lipinski definition) is 3. The molecule has 0 radical (unpaired) electrons. The van der Waals surface area contributed by atoms with Gasteiger partial charge in [0.1, 0.15) is 0 Å². The number of ether oxygens (including phenoxy) is 1. The molecule has 112 valence electrons. The molecule has 4 nitrogen and oxygen atoms in total. The second-order valence-corrected chi connectivity index (χ2v) is 6.98. The SMILES string of the molecule is O=S(=O)(NCCCOCCCl)c1ccc2c(c1)CCC2. The molecule has 2 rings (SSSR count). The number of nitrogens with one attached hydrogen (secondary N) is 1. The van der Waals surface area contributed by atoms with Gasteiger partial charge in [-0.25, -0.2) is 13.1 Å². The van der Waals surface area contributed by atoms with E-state index in [2.05, 4.69) is 4.72 Å². The van der Waals surface area contributed by atoms with Crippen molar-refractivity contribution < 1.29 is 13.2 Å². The van der Waals surface area contributed by atoms with E-state index in [9.17, 15) is 8.42 Å². The molecular weight excluding hydrogens is 298 g/mol. The third kappa shape index (κ3) is 4.19. The van der Waals surface area contributed by atoms with Gasteiger partial charge in [-0.05, 0) is 48.9 Å². The summed E-state index contributed by atoms with van der Waals surface area (Å²) in [7, 11) is -3.41. The standard InChI is InChI=1S/C14H20ClNO3S/c15-7-10-19-9-2-8-16-20(17,18)14-6-5-12-3-1-4-13(12)11-14/h5-6,11,16H,1-4,7-10H2. The van der Waals surface area contributed by atoms with Gasteiger partial charge in [-0.3, -0.25) is 0 Å². The van der Waals surface area contributed by atoms with Gasteiger partial charge in [0.15, 0.2) is 0 Å². The van der Waals surface area contributed by atoms with Crippen LogP contribution in [-0.4, -0.2) is 34.1 Å². The van der Waals surface area contributed by atoms with Crippen molar-refractivity contribution in [2.75, 3.05) is 25.6 Å². The van der Waals surface area contributed by atoms with Crippen LogP contribution in [0.25, 0.3) is 0 Å². The molecule has 6 heteroatoms. The number of benzene rings is 1. The first kappa shape index (κ1) is 15.8. The van der Waals surface area contributed by atoms with Crippen LogP contribution in [0.15, 0.2) is 23.1 Å². The lowest BCUT2D eigenvalue weighted by Gasteiger charge is -2.08. The van der Waals surface area contributed by atoms with Crippen molar-refractivity contribution in [2.45, 2.75) is 30.6 Å². The lowest BCUT2D eigenvalue weighted by Crippen LogP contribution is -2.25. The van der Waals surface area contributed by atoms with E-state index in [1.54, 1.807) is 12.1 Å². The minimum absolute atomic E-state index is 0.361. The Kier molecular flexibility index (Phi) is 5.84. The van der Waals surface area contributed by atoms with Crippen molar-refractivity contribution >= 4 is 21.6 Å². The number of hydrogen-bond donors (Lipinski definition) is 1. The van der Waals surface area contributed by atoms with Crippen LogP contribution in [0.2, 0.25) is 0 Å². The Morgan fingerprint density at radius 2 is 2.00 bits per heavy atom. The number of sulfonamides is 1. The van der Waals surface area contributed by atoms with Crippen LogP contribution in [-0.2, 0) is 27.6 Å². The molecule has 0 heterocycles. The molecule has 0 unspecified atom stereocenters. The molecule has 0 fully saturated rings. The van der Waals surface area contributed by atoms with E-state index in [0.29, 0.717) is 37.0 Å². The van der Waals surface area contributed by atoms with Crippen LogP contribution in [0.4, 0.5) is 0 Å². The first-order valence-corrected chi connectivity index (χ1v) is 8.90. The monoisotopic (exact) mass is 317 g/mol. The van der Waals surface area contributed by atoms with Crippen LogP contribution in [0.5, 0.6) is 0 Å². The van der Waals surface area contributed by atoms with Gasteiger partial charge in [0.25, 0.3) is 0 Å². The second-order valence-electron chi connectivity index (χ2n) is 4.84. The third-order valence-electron chi connectivity index (χ3n) is 3.36. The lowest BCUT2D eigenvalue weighted by molar-refractivity contribution is 0.147. The normalized spacial score (nSPS) is 14.4. The zero-order chi connectivity index (χ0) is 14.4. The number of alkyl halides is 1. The molecule has 0 aromatic heterocycles. The molecule has 0 saturated heterocycles. The number of halogens is 1. The number of fused-ring (bicyclic) bond motifs is 1. The Bertz CT molecular complexity index is 545. The van der Waals surface area contributed by atoms with E-state index in [1.165, 1.54) is 11.1 Å². The second kappa shape index (κ2) is 7.41. The van der Waals surface area contributed by atoms with Gasteiger partial charge in [0, 0.05) is 19.0 Å². The van der Waals surface area contributed by atoms with Crippen LogP contribution in [0.1, 0.15) is 24.0 Å². The van der Waals surface area contributed by atoms with Crippen molar-refractivity contribution in [1.29, 1.82) is 0 Å². The largest absolute Gasteiger partial charge is 0.380 e. The summed E-state index contributed by atoms with van der Waals surface area (Å²) in [6.45, 7) is 1.39. The highest BCUT2D eigenvalue weighted by molar-refractivity contribution is 7.89. The van der Waals surface area contributed by atoms with Gasteiger partial charge in [-0.2, -0.15) is 0 Å². The summed E-state index contributed by atoms with van der Waals surface area (Å²) in [5, 5.41) is 0. The minimum Gasteiger partial charge on any atom is -0.380 e. The fraction of sp³-hybridized carbons (Fsp3) is 0.571. The molecule has 0 atom stereocenters. The van der Waals surface area contributed by atoms with Gasteiger partial charge >= 0.3 is 0 Å². The average Bonchev–Trinajstić information content (AvgIpc) is 2.90. The van der Waals surface area contributed by atoms with E-state index < -0.39 is 10.0 Å². The highest BCUT2D eigenvalue weighted by Gasteiger charge is 2.17. The summed E-state index contributed by atoms with van der Waals surface area (Å²) in [6.07, 6.45) is 3.79. The first-order chi connectivity index (χ1) is 9.63. The summed E-state index contributed by atoms with van der Waals surface area (Å²) in [6, 6.07) is 5.42. The molecule has 1 aromatic carbocycles.